The first-order valence-electron chi connectivity index (χ1n) is 41.7. The number of anilines is 5. The van der Waals surface area contributed by atoms with Crippen LogP contribution in [0.4, 0.5) is 28.4 Å². The number of carbonyl (C=O) groups is 1. The van der Waals surface area contributed by atoms with E-state index in [1.165, 1.54) is 55.6 Å². The van der Waals surface area contributed by atoms with E-state index in [0.29, 0.717) is 35.9 Å². The molecule has 13 rings (SSSR count). The summed E-state index contributed by atoms with van der Waals surface area (Å²) < 4.78 is 39.7. The molecule has 0 aliphatic carbocycles. The SMILES string of the molecule is C.C.C1CCOC1.C=C(C)B1OC(C)(C)C(C)(C)O1.C=C(C)c1cccc(CO[Si](c2ccccc2)(c2ccccc2)C(C)(C)C)c1N.CC(C)(C)[Si](OCc1cccc(Br)c1N)(c1ccccc1)c1ccccc1.CC(C)c1cccc(CO[Si](c2ccccc2)(c2ccccc2)C(C)(C)C)c1N.Nc1c(Br)cccc1C(=O)O.Nc1c(Br)cccc1CO.[B]. The van der Waals surface area contributed by atoms with Crippen molar-refractivity contribution in [1.82, 2.24) is 0 Å². The highest BCUT2D eigenvalue weighted by Crippen LogP contribution is 2.43. The Kier molecular flexibility index (Phi) is 43.3. The van der Waals surface area contributed by atoms with Gasteiger partial charge in [-0.3, -0.25) is 0 Å². The third-order valence-electron chi connectivity index (χ3n) is 22.3. The molecule has 11 aromatic carbocycles. The number of aromatic carboxylic acids is 1. The van der Waals surface area contributed by atoms with Crippen LogP contribution in [0.2, 0.25) is 15.1 Å². The summed E-state index contributed by atoms with van der Waals surface area (Å²) in [6.07, 6.45) is 2.56. The van der Waals surface area contributed by atoms with Crippen molar-refractivity contribution in [1.29, 1.82) is 0 Å². The molecule has 0 atom stereocenters. The monoisotopic (exact) mass is 1940 g/mol. The number of nitrogens with two attached hydrogens (primary N) is 5. The minimum absolute atomic E-state index is 0. The predicted molar refractivity (Wildman–Crippen MR) is 556 cm³/mol. The van der Waals surface area contributed by atoms with Crippen LogP contribution in [-0.4, -0.2) is 81.1 Å². The number of benzene rings is 11. The van der Waals surface area contributed by atoms with E-state index < -0.39 is 30.9 Å². The number of carboxylic acid groups (broad SMARTS) is 1. The topological polar surface area (TPSA) is 243 Å². The van der Waals surface area contributed by atoms with Gasteiger partial charge in [-0.1, -0.05) is 352 Å². The molecule has 126 heavy (non-hydrogen) atoms. The molecule has 2 fully saturated rings. The summed E-state index contributed by atoms with van der Waals surface area (Å²) in [5.41, 5.74) is 41.2. The molecule has 3 radical (unpaired) electrons. The normalized spacial score (nSPS) is 13.2. The highest BCUT2D eigenvalue weighted by atomic mass is 79.9. The second-order valence-corrected chi connectivity index (χ2v) is 50.6. The van der Waals surface area contributed by atoms with Crippen LogP contribution in [0.25, 0.3) is 5.57 Å². The van der Waals surface area contributed by atoms with Crippen LogP contribution in [0, 0.1) is 0 Å². The molecule has 0 aromatic heterocycles. The van der Waals surface area contributed by atoms with Gasteiger partial charge in [0.2, 0.25) is 0 Å². The fourth-order valence-corrected chi connectivity index (χ4v) is 29.7. The largest absolute Gasteiger partial charge is 0.489 e. The number of allylic oxidation sites excluding steroid dienone is 2. The molecule has 2 saturated heterocycles. The molecule has 0 bridgehead atoms. The van der Waals surface area contributed by atoms with E-state index in [4.69, 9.17) is 66.2 Å². The molecule has 12 N–H and O–H groups in total. The third kappa shape index (κ3) is 27.9. The molecule has 11 aromatic rings. The van der Waals surface area contributed by atoms with Gasteiger partial charge in [0.25, 0.3) is 25.0 Å². The van der Waals surface area contributed by atoms with Gasteiger partial charge in [0.1, 0.15) is 0 Å². The van der Waals surface area contributed by atoms with Crippen LogP contribution in [0.15, 0.2) is 305 Å². The zero-order valence-electron chi connectivity index (χ0n) is 75.6. The van der Waals surface area contributed by atoms with Crippen molar-refractivity contribution in [3.63, 3.8) is 0 Å². The summed E-state index contributed by atoms with van der Waals surface area (Å²) in [6.45, 7) is 48.3. The van der Waals surface area contributed by atoms with Gasteiger partial charge in [-0.25, -0.2) is 4.79 Å². The zero-order valence-corrected chi connectivity index (χ0v) is 83.3. The maximum Gasteiger partial charge on any atom is 0.489 e. The van der Waals surface area contributed by atoms with Crippen molar-refractivity contribution in [2.24, 2.45) is 0 Å². The highest BCUT2D eigenvalue weighted by molar-refractivity contribution is 9.11. The average molecular weight is 1950 g/mol. The van der Waals surface area contributed by atoms with Gasteiger partial charge in [0, 0.05) is 63.1 Å². The van der Waals surface area contributed by atoms with Gasteiger partial charge in [0.15, 0.2) is 0 Å². The molecule has 22 heteroatoms. The first-order chi connectivity index (χ1) is 58.0. The second-order valence-electron chi connectivity index (χ2n) is 35.1. The number of hydrogen-bond acceptors (Lipinski definition) is 13. The van der Waals surface area contributed by atoms with Gasteiger partial charge < -0.3 is 66.2 Å². The van der Waals surface area contributed by atoms with Gasteiger partial charge >= 0.3 is 13.1 Å². The number of nitrogen functional groups attached to an aromatic ring is 5. The molecular weight excluding hydrogens is 1810 g/mol. The lowest BCUT2D eigenvalue weighted by Gasteiger charge is -2.43. The van der Waals surface area contributed by atoms with Crippen molar-refractivity contribution in [3.05, 3.63) is 344 Å². The quantitative estimate of drug-likeness (QED) is 0.0277. The Labute approximate surface area is 785 Å². The molecule has 2 aliphatic heterocycles. The van der Waals surface area contributed by atoms with Gasteiger partial charge in [-0.05, 0) is 201 Å². The Morgan fingerprint density at radius 3 is 0.944 bits per heavy atom. The number of aliphatic hydroxyl groups is 1. The van der Waals surface area contributed by atoms with Crippen molar-refractivity contribution >= 4 is 159 Å². The van der Waals surface area contributed by atoms with Crippen molar-refractivity contribution < 1.29 is 42.3 Å². The standard InChI is InChI=1S/C26H33NOSi.C26H31NOSi.C23H26BrNOSi.C9H17BO2.C7H6BrNO2.C7H8BrNO.C4H8O.2CH4.B/c2*1-20(2)24-18-12-13-21(25(24)27)19-28-29(26(3,4)5,22-14-8-6-9-15-22)23-16-10-7-11-17-23;1-23(2,3)27(19-12-6-4-7-13-19,20-14-8-5-9-15-20)26-17-18-11-10-16-21(24)22(18)25;1-7(2)10-11-8(3,4)9(5,6)12-10;8-5-3-1-2-4(6(5)9)7(10)11;8-6-3-1-2-5(4-10)7(6)9;1-2-4-5-3-1;;;/h6-18,20H,19,27H2,1-5H3;6-18H,1,19,27H2,2-5H3;4-16H,17,25H2,1-3H3;1H2,2-6H3;1-3H,9H2,(H,10,11);1-3,10H,4,9H2;1-4H2;2*1H4;. The van der Waals surface area contributed by atoms with Crippen molar-refractivity contribution in [2.75, 3.05) is 41.9 Å². The summed E-state index contributed by atoms with van der Waals surface area (Å²) in [4.78, 5) is 10.5. The van der Waals surface area contributed by atoms with Crippen LogP contribution in [-0.2, 0) is 53.8 Å². The number of carboxylic acids is 1. The summed E-state index contributed by atoms with van der Waals surface area (Å²) >= 11 is 9.90. The molecule has 2 heterocycles. The minimum Gasteiger partial charge on any atom is -0.478 e. The maximum absolute atomic E-state index is 10.5. The van der Waals surface area contributed by atoms with E-state index in [2.05, 4.69) is 343 Å². The summed E-state index contributed by atoms with van der Waals surface area (Å²) in [7, 11) is -7.92. The van der Waals surface area contributed by atoms with Crippen LogP contribution >= 0.6 is 47.8 Å². The molecule has 0 amide bonds. The van der Waals surface area contributed by atoms with E-state index >= 15 is 0 Å². The Hall–Kier alpha value is -8.69. The lowest BCUT2D eigenvalue weighted by molar-refractivity contribution is 0.00578. The maximum atomic E-state index is 10.5. The minimum atomic E-state index is -2.58. The summed E-state index contributed by atoms with van der Waals surface area (Å²) in [6, 6.07) is 92.8. The van der Waals surface area contributed by atoms with E-state index in [0.717, 1.165) is 78.1 Å². The number of rotatable bonds is 20. The number of para-hydroxylation sites is 5. The Bertz CT molecular complexity index is 5040. The Balaban J connectivity index is 0.000000325. The van der Waals surface area contributed by atoms with E-state index in [1.807, 2.05) is 84.0 Å². The first kappa shape index (κ1) is 110. The van der Waals surface area contributed by atoms with Crippen LogP contribution < -0.4 is 59.8 Å². The number of halogens is 3. The Morgan fingerprint density at radius 1 is 0.421 bits per heavy atom. The van der Waals surface area contributed by atoms with E-state index in [-0.39, 0.29) is 74.6 Å². The van der Waals surface area contributed by atoms with Crippen LogP contribution in [0.3, 0.4) is 0 Å². The molecule has 2 aliphatic rings. The lowest BCUT2D eigenvalue weighted by atomic mass is 9.81. The molecule has 0 spiro atoms. The number of aliphatic hydroxyl groups excluding tert-OH is 1. The van der Waals surface area contributed by atoms with Gasteiger partial charge in [-0.2, -0.15) is 0 Å². The van der Waals surface area contributed by atoms with Crippen molar-refractivity contribution in [3.8, 4) is 0 Å². The second kappa shape index (κ2) is 49.8. The third-order valence-corrected chi connectivity index (χ3v) is 39.3. The average Bonchev–Trinajstić information content (AvgIpc) is 1.04. The molecule has 0 unspecified atom stereocenters. The molecule has 671 valence electrons. The highest BCUT2D eigenvalue weighted by Gasteiger charge is 2.54. The fourth-order valence-electron chi connectivity index (χ4n) is 14.9. The predicted octanol–water partition coefficient (Wildman–Crippen LogP) is 23.1. The van der Waals surface area contributed by atoms with Crippen molar-refractivity contribution in [2.45, 2.75) is 204 Å². The number of ether oxygens (including phenoxy) is 1. The molecule has 14 nitrogen and oxygen atoms in total. The van der Waals surface area contributed by atoms with E-state index in [9.17, 15) is 4.79 Å². The Morgan fingerprint density at radius 2 is 0.690 bits per heavy atom. The first-order valence-corrected chi connectivity index (χ1v) is 49.8. The molecular formula is C104H137B2Br3N5O9Si3. The summed E-state index contributed by atoms with van der Waals surface area (Å²) in [5.74, 6) is -0.619. The lowest BCUT2D eigenvalue weighted by Crippen LogP contribution is -2.66. The van der Waals surface area contributed by atoms with Gasteiger partial charge in [-0.15, -0.1) is 6.58 Å². The molecule has 0 saturated carbocycles. The van der Waals surface area contributed by atoms with Crippen LogP contribution in [0.5, 0.6) is 0 Å². The smallest absolute Gasteiger partial charge is 0.478 e. The van der Waals surface area contributed by atoms with E-state index in [1.54, 1.807) is 18.2 Å². The summed E-state index contributed by atoms with van der Waals surface area (Å²) in [5, 5.41) is 24.9. The van der Waals surface area contributed by atoms with Crippen LogP contribution in [0.1, 0.15) is 195 Å². The number of hydrogen-bond donors (Lipinski definition) is 7. The fraction of sp³-hybridized carbons (Fsp3) is 0.317. The zero-order chi connectivity index (χ0) is 90.7. The van der Waals surface area contributed by atoms with Gasteiger partial charge in [0.05, 0.1) is 60.3 Å².